The summed E-state index contributed by atoms with van der Waals surface area (Å²) in [6.07, 6.45) is 2.58. The predicted molar refractivity (Wildman–Crippen MR) is 48.0 cm³/mol. The maximum absolute atomic E-state index is 9.25. The Kier molecular flexibility index (Phi) is 15.3. The minimum atomic E-state index is -4.64. The smallest absolute Gasteiger partial charge is 0.466 e. The van der Waals surface area contributed by atoms with Crippen LogP contribution >= 0.6 is 7.82 Å². The van der Waals surface area contributed by atoms with Crippen LogP contribution in [0.15, 0.2) is 25.3 Å². The molecule has 0 heterocycles. The molecule has 0 amide bonds. The van der Waals surface area contributed by atoms with E-state index in [1.165, 1.54) is 0 Å². The number of hydrogen-bond donors (Lipinski definition) is 4. The summed E-state index contributed by atoms with van der Waals surface area (Å²) in [6, 6.07) is 0. The molecule has 0 aromatic rings. The molecule has 0 aromatic heterocycles. The summed E-state index contributed by atoms with van der Waals surface area (Å²) in [6.45, 7) is 8.21. The van der Waals surface area contributed by atoms with Crippen LogP contribution in [0, 0.1) is 0 Å². The second-order valence-electron chi connectivity index (χ2n) is 1.46. The van der Waals surface area contributed by atoms with Gasteiger partial charge >= 0.3 is 13.8 Å². The van der Waals surface area contributed by atoms with Crippen LogP contribution in [0.1, 0.15) is 6.92 Å². The summed E-state index contributed by atoms with van der Waals surface area (Å²) in [5.74, 6) is -0.981. The first-order chi connectivity index (χ1) is 5.68. The molecule has 0 aliphatic carbocycles. The number of phosphoric acid groups is 1. The number of carboxylic acids is 1. The van der Waals surface area contributed by atoms with Crippen molar-refractivity contribution in [2.45, 2.75) is 6.92 Å². The van der Waals surface area contributed by atoms with Gasteiger partial charge in [-0.2, -0.15) is 0 Å². The van der Waals surface area contributed by atoms with Crippen LogP contribution in [0.25, 0.3) is 0 Å². The number of aliphatic carboxylic acids is 1. The average molecular weight is 212 g/mol. The average Bonchev–Trinajstić information content (AvgIpc) is 1.85. The lowest BCUT2D eigenvalue weighted by atomic mass is 10.7. The van der Waals surface area contributed by atoms with Crippen LogP contribution < -0.4 is 0 Å². The van der Waals surface area contributed by atoms with Crippen molar-refractivity contribution in [2.24, 2.45) is 0 Å². The molecule has 0 radical (unpaired) electrons. The molecular weight excluding hydrogens is 199 g/mol. The Labute approximate surface area is 76.1 Å². The molecule has 0 aliphatic heterocycles. The quantitative estimate of drug-likeness (QED) is 0.286. The molecule has 13 heavy (non-hydrogen) atoms. The van der Waals surface area contributed by atoms with Gasteiger partial charge < -0.3 is 19.8 Å². The van der Waals surface area contributed by atoms with Gasteiger partial charge in [-0.15, -0.1) is 6.58 Å². The molecule has 0 aromatic carbocycles. The lowest BCUT2D eigenvalue weighted by Crippen LogP contribution is -1.82. The zero-order valence-corrected chi connectivity index (χ0v) is 8.02. The SMILES string of the molecule is C=CC.C=CC(=O)O.O=P(O)(O)O. The van der Waals surface area contributed by atoms with E-state index < -0.39 is 13.8 Å². The standard InChI is InChI=1S/C3H4O2.C3H6.H3O4P/c1-2-3(4)5;1-3-2;1-5(2,3)4/h2H,1H2,(H,4,5);3H,1H2,2H3;(H3,1,2,3,4). The molecule has 0 aliphatic rings. The maximum atomic E-state index is 9.25. The van der Waals surface area contributed by atoms with Gasteiger partial charge in [-0.3, -0.25) is 0 Å². The molecule has 0 saturated heterocycles. The molecule has 0 unspecified atom stereocenters. The van der Waals surface area contributed by atoms with Crippen LogP contribution in [0.2, 0.25) is 0 Å². The highest BCUT2D eigenvalue weighted by Gasteiger charge is 2.00. The molecule has 78 valence electrons. The predicted octanol–water partition coefficient (Wildman–Crippen LogP) is 0.521. The second-order valence-corrected chi connectivity index (χ2v) is 2.49. The fourth-order valence-corrected chi connectivity index (χ4v) is 0. The number of rotatable bonds is 1. The monoisotopic (exact) mass is 212 g/mol. The Balaban J connectivity index is -0.000000120. The summed E-state index contributed by atoms with van der Waals surface area (Å²) >= 11 is 0. The fraction of sp³-hybridized carbons (Fsp3) is 0.167. The van der Waals surface area contributed by atoms with Crippen molar-refractivity contribution in [3.63, 3.8) is 0 Å². The first kappa shape index (κ1) is 18.0. The van der Waals surface area contributed by atoms with Gasteiger partial charge in [-0.25, -0.2) is 9.36 Å². The third kappa shape index (κ3) is 808. The minimum absolute atomic E-state index is 0.833. The van der Waals surface area contributed by atoms with Crippen molar-refractivity contribution in [1.82, 2.24) is 0 Å². The van der Waals surface area contributed by atoms with E-state index in [2.05, 4.69) is 13.2 Å². The molecule has 6 nitrogen and oxygen atoms in total. The lowest BCUT2D eigenvalue weighted by Gasteiger charge is -1.82. The third-order valence-corrected chi connectivity index (χ3v) is 0.175. The summed E-state index contributed by atoms with van der Waals surface area (Å²) in [4.78, 5) is 30.8. The Morgan fingerprint density at radius 3 is 1.38 bits per heavy atom. The van der Waals surface area contributed by atoms with Gasteiger partial charge in [-0.1, -0.05) is 12.7 Å². The zero-order chi connectivity index (χ0) is 11.5. The molecule has 0 spiro atoms. The minimum Gasteiger partial charge on any atom is -0.478 e. The lowest BCUT2D eigenvalue weighted by molar-refractivity contribution is -0.131. The van der Waals surface area contributed by atoms with Gasteiger partial charge in [0.1, 0.15) is 0 Å². The van der Waals surface area contributed by atoms with Gasteiger partial charge in [0.25, 0.3) is 0 Å². The third-order valence-electron chi connectivity index (χ3n) is 0.175. The first-order valence-corrected chi connectivity index (χ1v) is 4.46. The van der Waals surface area contributed by atoms with Crippen molar-refractivity contribution in [1.29, 1.82) is 0 Å². The molecule has 0 fully saturated rings. The van der Waals surface area contributed by atoms with Gasteiger partial charge in [-0.05, 0) is 6.92 Å². The van der Waals surface area contributed by atoms with Crippen molar-refractivity contribution in [3.05, 3.63) is 25.3 Å². The van der Waals surface area contributed by atoms with Gasteiger partial charge in [0, 0.05) is 6.08 Å². The Morgan fingerprint density at radius 2 is 1.38 bits per heavy atom. The Morgan fingerprint density at radius 1 is 1.31 bits per heavy atom. The van der Waals surface area contributed by atoms with E-state index in [0.717, 1.165) is 6.08 Å². The topological polar surface area (TPSA) is 115 Å². The van der Waals surface area contributed by atoms with Crippen molar-refractivity contribution >= 4 is 13.8 Å². The zero-order valence-electron chi connectivity index (χ0n) is 7.12. The molecule has 4 N–H and O–H groups in total. The molecule has 0 atom stereocenters. The van der Waals surface area contributed by atoms with E-state index in [1.807, 2.05) is 6.92 Å². The van der Waals surface area contributed by atoms with Crippen LogP contribution in [-0.4, -0.2) is 25.8 Å². The number of hydrogen-bond acceptors (Lipinski definition) is 2. The summed E-state index contributed by atoms with van der Waals surface area (Å²) < 4.78 is 8.88. The first-order valence-electron chi connectivity index (χ1n) is 2.89. The molecular formula is C6H13O6P. The van der Waals surface area contributed by atoms with Gasteiger partial charge in [0.05, 0.1) is 0 Å². The van der Waals surface area contributed by atoms with Gasteiger partial charge in [0.2, 0.25) is 0 Å². The highest BCUT2D eigenvalue weighted by molar-refractivity contribution is 7.45. The summed E-state index contributed by atoms with van der Waals surface area (Å²) in [5, 5.41) is 7.60. The molecule has 0 rings (SSSR count). The highest BCUT2D eigenvalue weighted by atomic mass is 31.2. The maximum Gasteiger partial charge on any atom is 0.466 e. The van der Waals surface area contributed by atoms with Crippen molar-refractivity contribution < 1.29 is 29.1 Å². The number of carbonyl (C=O) groups is 1. The van der Waals surface area contributed by atoms with Crippen LogP contribution in [0.3, 0.4) is 0 Å². The largest absolute Gasteiger partial charge is 0.478 e. The van der Waals surface area contributed by atoms with Crippen LogP contribution in [-0.2, 0) is 9.36 Å². The molecule has 0 bridgehead atoms. The van der Waals surface area contributed by atoms with E-state index in [1.54, 1.807) is 6.08 Å². The van der Waals surface area contributed by atoms with E-state index in [4.69, 9.17) is 24.4 Å². The van der Waals surface area contributed by atoms with Crippen LogP contribution in [0.5, 0.6) is 0 Å². The fourth-order valence-electron chi connectivity index (χ4n) is 0. The van der Waals surface area contributed by atoms with Crippen molar-refractivity contribution in [3.8, 4) is 0 Å². The summed E-state index contributed by atoms with van der Waals surface area (Å²) in [7, 11) is -4.64. The van der Waals surface area contributed by atoms with E-state index in [0.29, 0.717) is 0 Å². The Hall–Kier alpha value is -0.940. The normalized spacial score (nSPS) is 8.00. The second kappa shape index (κ2) is 11.1. The summed E-state index contributed by atoms with van der Waals surface area (Å²) in [5.41, 5.74) is 0. The highest BCUT2D eigenvalue weighted by Crippen LogP contribution is 2.25. The van der Waals surface area contributed by atoms with Crippen molar-refractivity contribution in [2.75, 3.05) is 0 Å². The number of allylic oxidation sites excluding steroid dienone is 1. The number of carboxylic acid groups (broad SMARTS) is 1. The van der Waals surface area contributed by atoms with E-state index in [-0.39, 0.29) is 0 Å². The van der Waals surface area contributed by atoms with Gasteiger partial charge in [0.15, 0.2) is 0 Å². The molecule has 0 saturated carbocycles. The van der Waals surface area contributed by atoms with E-state index in [9.17, 15) is 4.79 Å². The van der Waals surface area contributed by atoms with E-state index >= 15 is 0 Å². The Bertz CT molecular complexity index is 185. The molecule has 7 heteroatoms. The van der Waals surface area contributed by atoms with Crippen LogP contribution in [0.4, 0.5) is 0 Å².